The number of methoxy groups -OCH3 is 2. The van der Waals surface area contributed by atoms with E-state index in [1.807, 2.05) is 13.8 Å². The van der Waals surface area contributed by atoms with Gasteiger partial charge in [0.05, 0.1) is 37.6 Å². The van der Waals surface area contributed by atoms with Crippen molar-refractivity contribution in [3.63, 3.8) is 0 Å². The lowest BCUT2D eigenvalue weighted by Crippen LogP contribution is -2.38. The van der Waals surface area contributed by atoms with Gasteiger partial charge in [0.2, 0.25) is 0 Å². The Morgan fingerprint density at radius 3 is 2.34 bits per heavy atom. The maximum absolute atomic E-state index is 10.5. The number of aromatic nitrogens is 1. The van der Waals surface area contributed by atoms with E-state index in [-0.39, 0.29) is 30.5 Å². The highest BCUT2D eigenvalue weighted by Gasteiger charge is 2.11. The number of rotatable bonds is 9. The SMILES string of the molecule is CCNC(=NCC(O)c1cc(OC)cc(OC)c1)NCCc1nc(C)c(C)s1.I. The molecule has 0 aliphatic rings. The Balaban J connectivity index is 0.00000420. The van der Waals surface area contributed by atoms with Crippen molar-refractivity contribution in [1.82, 2.24) is 15.6 Å². The number of benzene rings is 1. The number of ether oxygens (including phenoxy) is 2. The Labute approximate surface area is 194 Å². The topological polar surface area (TPSA) is 88.0 Å². The summed E-state index contributed by atoms with van der Waals surface area (Å²) in [4.78, 5) is 10.3. The zero-order valence-electron chi connectivity index (χ0n) is 17.6. The average Bonchev–Trinajstić information content (AvgIpc) is 3.02. The minimum atomic E-state index is -0.760. The predicted octanol–water partition coefficient (Wildman–Crippen LogP) is 3.23. The van der Waals surface area contributed by atoms with E-state index in [0.717, 1.165) is 30.2 Å². The Kier molecular flexibility index (Phi) is 11.3. The quantitative estimate of drug-likeness (QED) is 0.260. The molecule has 0 fully saturated rings. The molecular formula is C20H31IN4O3S. The third kappa shape index (κ3) is 7.98. The van der Waals surface area contributed by atoms with Gasteiger partial charge in [-0.3, -0.25) is 4.99 Å². The van der Waals surface area contributed by atoms with Crippen molar-refractivity contribution in [2.24, 2.45) is 4.99 Å². The average molecular weight is 534 g/mol. The van der Waals surface area contributed by atoms with Crippen molar-refractivity contribution in [3.05, 3.63) is 39.3 Å². The normalized spacial score (nSPS) is 12.1. The fraction of sp³-hybridized carbons (Fsp3) is 0.500. The minimum Gasteiger partial charge on any atom is -0.497 e. The van der Waals surface area contributed by atoms with Crippen LogP contribution in [0.3, 0.4) is 0 Å². The van der Waals surface area contributed by atoms with Gasteiger partial charge in [0.1, 0.15) is 11.5 Å². The Morgan fingerprint density at radius 2 is 1.83 bits per heavy atom. The molecule has 2 aromatic rings. The van der Waals surface area contributed by atoms with Crippen molar-refractivity contribution in [2.75, 3.05) is 33.9 Å². The van der Waals surface area contributed by atoms with Crippen LogP contribution in [0.5, 0.6) is 11.5 Å². The molecule has 9 heteroatoms. The molecule has 0 aliphatic heterocycles. The van der Waals surface area contributed by atoms with Gasteiger partial charge in [0.25, 0.3) is 0 Å². The summed E-state index contributed by atoms with van der Waals surface area (Å²) in [5.74, 6) is 1.94. The van der Waals surface area contributed by atoms with E-state index in [4.69, 9.17) is 9.47 Å². The zero-order chi connectivity index (χ0) is 20.5. The molecule has 0 spiro atoms. The summed E-state index contributed by atoms with van der Waals surface area (Å²) >= 11 is 1.73. The summed E-state index contributed by atoms with van der Waals surface area (Å²) in [6, 6.07) is 5.35. The van der Waals surface area contributed by atoms with Gasteiger partial charge in [-0.2, -0.15) is 0 Å². The van der Waals surface area contributed by atoms with Gasteiger partial charge in [-0.05, 0) is 38.5 Å². The first-order chi connectivity index (χ1) is 13.5. The van der Waals surface area contributed by atoms with Crippen molar-refractivity contribution in [2.45, 2.75) is 33.3 Å². The summed E-state index contributed by atoms with van der Waals surface area (Å²) in [5.41, 5.74) is 1.79. The predicted molar refractivity (Wildman–Crippen MR) is 129 cm³/mol. The standard InChI is InChI=1S/C20H30N4O3S.HI/c1-6-21-20(22-8-7-19-24-13(2)14(3)28-19)23-12-18(25)15-9-16(26-4)11-17(10-15)27-5;/h9-11,18,25H,6-8,12H2,1-5H3,(H2,21,22,23);1H. The molecule has 0 saturated carbocycles. The number of aliphatic imine (C=N–C) groups is 1. The van der Waals surface area contributed by atoms with Crippen LogP contribution in [0, 0.1) is 13.8 Å². The first kappa shape index (κ1) is 25.4. The second kappa shape index (κ2) is 12.9. The van der Waals surface area contributed by atoms with E-state index < -0.39 is 6.10 Å². The Hall–Kier alpha value is -1.59. The third-order valence-electron chi connectivity index (χ3n) is 4.23. The molecule has 1 unspecified atom stereocenters. The second-order valence-corrected chi connectivity index (χ2v) is 7.60. The molecule has 3 N–H and O–H groups in total. The van der Waals surface area contributed by atoms with Crippen LogP contribution in [0.2, 0.25) is 0 Å². The van der Waals surface area contributed by atoms with Crippen LogP contribution in [-0.2, 0) is 6.42 Å². The molecular weight excluding hydrogens is 503 g/mol. The van der Waals surface area contributed by atoms with E-state index in [1.165, 1.54) is 4.88 Å². The highest BCUT2D eigenvalue weighted by Crippen LogP contribution is 2.26. The largest absolute Gasteiger partial charge is 0.497 e. The van der Waals surface area contributed by atoms with E-state index >= 15 is 0 Å². The number of aryl methyl sites for hydroxylation is 2. The fourth-order valence-corrected chi connectivity index (χ4v) is 3.51. The molecule has 0 bridgehead atoms. The van der Waals surface area contributed by atoms with Gasteiger partial charge in [0.15, 0.2) is 5.96 Å². The summed E-state index contributed by atoms with van der Waals surface area (Å²) in [7, 11) is 3.17. The number of hydrogen-bond donors (Lipinski definition) is 3. The molecule has 1 heterocycles. The smallest absolute Gasteiger partial charge is 0.191 e. The number of guanidine groups is 1. The summed E-state index contributed by atoms with van der Waals surface area (Å²) < 4.78 is 10.5. The first-order valence-electron chi connectivity index (χ1n) is 9.32. The summed E-state index contributed by atoms with van der Waals surface area (Å²) in [6.45, 7) is 7.81. The molecule has 162 valence electrons. The highest BCUT2D eigenvalue weighted by atomic mass is 127. The van der Waals surface area contributed by atoms with Crippen molar-refractivity contribution in [3.8, 4) is 11.5 Å². The van der Waals surface area contributed by atoms with Gasteiger partial charge in [-0.25, -0.2) is 4.98 Å². The number of halogens is 1. The molecule has 0 radical (unpaired) electrons. The van der Waals surface area contributed by atoms with Crippen LogP contribution < -0.4 is 20.1 Å². The van der Waals surface area contributed by atoms with E-state index in [1.54, 1.807) is 43.8 Å². The minimum absolute atomic E-state index is 0. The van der Waals surface area contributed by atoms with Crippen LogP contribution in [0.25, 0.3) is 0 Å². The molecule has 2 rings (SSSR count). The maximum atomic E-state index is 10.5. The van der Waals surface area contributed by atoms with Gasteiger partial charge in [-0.1, -0.05) is 0 Å². The lowest BCUT2D eigenvalue weighted by molar-refractivity contribution is 0.186. The molecule has 1 atom stereocenters. The van der Waals surface area contributed by atoms with Crippen LogP contribution >= 0.6 is 35.3 Å². The molecule has 29 heavy (non-hydrogen) atoms. The molecule has 1 aromatic carbocycles. The van der Waals surface area contributed by atoms with Crippen molar-refractivity contribution < 1.29 is 14.6 Å². The molecule has 7 nitrogen and oxygen atoms in total. The van der Waals surface area contributed by atoms with Crippen LogP contribution in [0.4, 0.5) is 0 Å². The molecule has 0 saturated heterocycles. The first-order valence-corrected chi connectivity index (χ1v) is 10.1. The van der Waals surface area contributed by atoms with Crippen LogP contribution in [0.1, 0.15) is 34.2 Å². The third-order valence-corrected chi connectivity index (χ3v) is 5.36. The summed E-state index contributed by atoms with van der Waals surface area (Å²) in [5, 5.41) is 18.1. The van der Waals surface area contributed by atoms with Crippen LogP contribution in [-0.4, -0.2) is 49.9 Å². The Bertz CT molecular complexity index is 756. The van der Waals surface area contributed by atoms with Crippen molar-refractivity contribution in [1.29, 1.82) is 0 Å². The fourth-order valence-electron chi connectivity index (χ4n) is 2.58. The number of nitrogens with zero attached hydrogens (tertiary/aromatic N) is 2. The number of thiazole rings is 1. The maximum Gasteiger partial charge on any atom is 0.191 e. The van der Waals surface area contributed by atoms with Crippen molar-refractivity contribution >= 4 is 41.3 Å². The molecule has 0 amide bonds. The van der Waals surface area contributed by atoms with Gasteiger partial charge >= 0.3 is 0 Å². The Morgan fingerprint density at radius 1 is 1.17 bits per heavy atom. The molecule has 1 aromatic heterocycles. The number of nitrogens with one attached hydrogen (secondary N) is 2. The highest BCUT2D eigenvalue weighted by molar-refractivity contribution is 14.0. The van der Waals surface area contributed by atoms with Gasteiger partial charge in [0, 0.05) is 30.5 Å². The number of aliphatic hydroxyl groups is 1. The number of aliphatic hydroxyl groups excluding tert-OH is 1. The molecule has 0 aliphatic carbocycles. The van der Waals surface area contributed by atoms with E-state index in [0.29, 0.717) is 23.0 Å². The van der Waals surface area contributed by atoms with E-state index in [9.17, 15) is 5.11 Å². The van der Waals surface area contributed by atoms with E-state index in [2.05, 4.69) is 27.5 Å². The summed E-state index contributed by atoms with van der Waals surface area (Å²) in [6.07, 6.45) is 0.0723. The van der Waals surface area contributed by atoms with Gasteiger partial charge in [-0.15, -0.1) is 35.3 Å². The number of hydrogen-bond acceptors (Lipinski definition) is 6. The lowest BCUT2D eigenvalue weighted by atomic mass is 10.1. The van der Waals surface area contributed by atoms with Gasteiger partial charge < -0.3 is 25.2 Å². The van der Waals surface area contributed by atoms with Crippen LogP contribution in [0.15, 0.2) is 23.2 Å². The zero-order valence-corrected chi connectivity index (χ0v) is 20.8. The lowest BCUT2D eigenvalue weighted by Gasteiger charge is -2.14. The second-order valence-electron chi connectivity index (χ2n) is 6.31. The monoisotopic (exact) mass is 534 g/mol.